The van der Waals surface area contributed by atoms with Gasteiger partial charge in [0, 0.05) is 0 Å². The van der Waals surface area contributed by atoms with Gasteiger partial charge in [-0.1, -0.05) is 84.2 Å². The highest BCUT2D eigenvalue weighted by molar-refractivity contribution is 8.25. The van der Waals surface area contributed by atoms with E-state index < -0.39 is 34.6 Å². The van der Waals surface area contributed by atoms with Crippen molar-refractivity contribution in [2.75, 3.05) is 0 Å². The fourth-order valence-electron chi connectivity index (χ4n) is 4.49. The number of hydrogen-bond acceptors (Lipinski definition) is 8. The van der Waals surface area contributed by atoms with E-state index in [9.17, 15) is 19.2 Å². The molecule has 0 unspecified atom stereocenters. The van der Waals surface area contributed by atoms with Gasteiger partial charge in [0.1, 0.15) is 17.1 Å². The molecule has 2 aliphatic rings. The molecule has 10 heteroatoms. The third kappa shape index (κ3) is 6.82. The fourth-order valence-corrected chi connectivity index (χ4v) is 7.21. The van der Waals surface area contributed by atoms with E-state index in [4.69, 9.17) is 9.47 Å². The van der Waals surface area contributed by atoms with Crippen molar-refractivity contribution in [1.29, 1.82) is 0 Å². The lowest BCUT2D eigenvalue weighted by molar-refractivity contribution is -0.149. The molecular formula is C35H36N2O6S2. The van der Waals surface area contributed by atoms with Crippen LogP contribution in [0.4, 0.5) is 0 Å². The standard InChI is InChI=1S/C35H36N2O6S2/c1-21-18-24(42-32(40)34(2,3)4)27-28(26(21)43-33(41)35(5,6)7)45-31(44-27)25-29(38)36(19-22-14-10-8-11-15-22)37(30(25)39)20-23-16-12-9-13-17-23/h8-18H,19-20H2,1-7H3. The van der Waals surface area contributed by atoms with Crippen LogP contribution >= 0.6 is 23.5 Å². The van der Waals surface area contributed by atoms with Crippen LogP contribution in [0.5, 0.6) is 11.5 Å². The molecule has 1 saturated heterocycles. The second-order valence-electron chi connectivity index (χ2n) is 13.0. The molecule has 0 radical (unpaired) electrons. The smallest absolute Gasteiger partial charge is 0.316 e. The summed E-state index contributed by atoms with van der Waals surface area (Å²) in [5, 5.41) is 2.95. The quantitative estimate of drug-likeness (QED) is 0.120. The molecule has 1 fully saturated rings. The van der Waals surface area contributed by atoms with Crippen molar-refractivity contribution in [2.45, 2.75) is 71.3 Å². The minimum atomic E-state index is -0.776. The molecule has 45 heavy (non-hydrogen) atoms. The number of nitrogens with zero attached hydrogens (tertiary/aromatic N) is 2. The number of benzene rings is 3. The zero-order chi connectivity index (χ0) is 32.7. The van der Waals surface area contributed by atoms with Gasteiger partial charge in [-0.25, -0.2) is 10.0 Å². The van der Waals surface area contributed by atoms with Crippen molar-refractivity contribution in [3.05, 3.63) is 93.2 Å². The molecule has 2 aliphatic heterocycles. The number of rotatable bonds is 6. The Morgan fingerprint density at radius 1 is 0.689 bits per heavy atom. The summed E-state index contributed by atoms with van der Waals surface area (Å²) in [6.07, 6.45) is 0. The first-order chi connectivity index (χ1) is 21.1. The van der Waals surface area contributed by atoms with Crippen molar-refractivity contribution >= 4 is 47.3 Å². The summed E-state index contributed by atoms with van der Waals surface area (Å²) in [6, 6.07) is 20.7. The van der Waals surface area contributed by atoms with E-state index in [1.54, 1.807) is 54.5 Å². The molecule has 0 bridgehead atoms. The summed E-state index contributed by atoms with van der Waals surface area (Å²) in [6.45, 7) is 12.7. The predicted octanol–water partition coefficient (Wildman–Crippen LogP) is 7.29. The molecule has 3 aromatic carbocycles. The van der Waals surface area contributed by atoms with Crippen molar-refractivity contribution < 1.29 is 28.7 Å². The molecule has 234 valence electrons. The number of esters is 2. The van der Waals surface area contributed by atoms with Crippen LogP contribution in [0.2, 0.25) is 0 Å². The number of thioether (sulfide) groups is 2. The number of ether oxygens (including phenoxy) is 2. The van der Waals surface area contributed by atoms with Gasteiger partial charge >= 0.3 is 11.9 Å². The second-order valence-corrected chi connectivity index (χ2v) is 15.3. The van der Waals surface area contributed by atoms with Gasteiger partial charge in [-0.05, 0) is 71.2 Å². The maximum atomic E-state index is 14.1. The number of fused-ring (bicyclic) bond motifs is 1. The highest BCUT2D eigenvalue weighted by Crippen LogP contribution is 2.60. The molecule has 0 atom stereocenters. The van der Waals surface area contributed by atoms with E-state index in [-0.39, 0.29) is 24.4 Å². The van der Waals surface area contributed by atoms with Gasteiger partial charge in [-0.15, -0.1) is 0 Å². The molecule has 0 aromatic heterocycles. The third-order valence-electron chi connectivity index (χ3n) is 7.10. The minimum absolute atomic E-state index is 0.0203. The Bertz CT molecular complexity index is 1640. The van der Waals surface area contributed by atoms with Crippen LogP contribution in [0.15, 0.2) is 86.3 Å². The zero-order valence-electron chi connectivity index (χ0n) is 26.4. The second kappa shape index (κ2) is 12.4. The Kier molecular flexibility index (Phi) is 8.92. The Morgan fingerprint density at radius 3 is 1.60 bits per heavy atom. The lowest BCUT2D eigenvalue weighted by Crippen LogP contribution is -2.39. The summed E-state index contributed by atoms with van der Waals surface area (Å²) in [5.41, 5.74) is 0.808. The molecule has 2 amide bonds. The Labute approximate surface area is 272 Å². The summed E-state index contributed by atoms with van der Waals surface area (Å²) < 4.78 is 12.2. The van der Waals surface area contributed by atoms with Crippen molar-refractivity contribution in [2.24, 2.45) is 10.8 Å². The predicted molar refractivity (Wildman–Crippen MR) is 174 cm³/mol. The van der Waals surface area contributed by atoms with Gasteiger partial charge in [-0.3, -0.25) is 19.2 Å². The van der Waals surface area contributed by atoms with Gasteiger partial charge < -0.3 is 9.47 Å². The SMILES string of the molecule is Cc1cc(OC(=O)C(C)(C)C)c2c(c1OC(=O)C(C)(C)C)SC(=C1C(=O)N(Cc3ccccc3)N(Cc3ccccc3)C1=O)S2. The van der Waals surface area contributed by atoms with Gasteiger partial charge in [0.15, 0.2) is 0 Å². The zero-order valence-corrected chi connectivity index (χ0v) is 28.1. The Morgan fingerprint density at radius 2 is 1.13 bits per heavy atom. The lowest BCUT2D eigenvalue weighted by Gasteiger charge is -2.27. The number of amides is 2. The molecule has 5 rings (SSSR count). The highest BCUT2D eigenvalue weighted by Gasteiger charge is 2.45. The highest BCUT2D eigenvalue weighted by atomic mass is 32.2. The molecule has 0 saturated carbocycles. The number of aryl methyl sites for hydroxylation is 1. The van der Waals surface area contributed by atoms with Crippen LogP contribution in [0.3, 0.4) is 0 Å². The fraction of sp³-hybridized carbons (Fsp3) is 0.314. The first-order valence-corrected chi connectivity index (χ1v) is 16.2. The molecule has 8 nitrogen and oxygen atoms in total. The Hall–Kier alpha value is -4.02. The number of carbonyl (C=O) groups excluding carboxylic acids is 4. The van der Waals surface area contributed by atoms with Crippen LogP contribution in [-0.4, -0.2) is 33.8 Å². The normalized spacial score (nSPS) is 15.1. The molecule has 0 aliphatic carbocycles. The van der Waals surface area contributed by atoms with E-state index in [0.29, 0.717) is 25.3 Å². The third-order valence-corrected chi connectivity index (χ3v) is 9.71. The van der Waals surface area contributed by atoms with Crippen LogP contribution in [0, 0.1) is 17.8 Å². The minimum Gasteiger partial charge on any atom is -0.425 e. The van der Waals surface area contributed by atoms with Gasteiger partial charge in [0.2, 0.25) is 0 Å². The largest absolute Gasteiger partial charge is 0.425 e. The average Bonchev–Trinajstić information content (AvgIpc) is 3.50. The average molecular weight is 645 g/mol. The van der Waals surface area contributed by atoms with Crippen molar-refractivity contribution in [3.8, 4) is 11.5 Å². The van der Waals surface area contributed by atoms with E-state index in [0.717, 1.165) is 11.1 Å². The molecule has 2 heterocycles. The Balaban J connectivity index is 1.59. The van der Waals surface area contributed by atoms with E-state index >= 15 is 0 Å². The summed E-state index contributed by atoms with van der Waals surface area (Å²) in [4.78, 5) is 55.2. The molecule has 0 N–H and O–H groups in total. The number of hydrazine groups is 1. The molecular weight excluding hydrogens is 609 g/mol. The summed E-state index contributed by atoms with van der Waals surface area (Å²) in [5.74, 6) is -1.14. The van der Waals surface area contributed by atoms with Crippen molar-refractivity contribution in [3.63, 3.8) is 0 Å². The van der Waals surface area contributed by atoms with E-state index in [1.165, 1.54) is 33.5 Å². The van der Waals surface area contributed by atoms with Crippen LogP contribution < -0.4 is 9.47 Å². The van der Waals surface area contributed by atoms with Crippen LogP contribution in [0.25, 0.3) is 0 Å². The molecule has 3 aromatic rings. The van der Waals surface area contributed by atoms with Crippen LogP contribution in [-0.2, 0) is 32.3 Å². The van der Waals surface area contributed by atoms with E-state index in [2.05, 4.69) is 0 Å². The van der Waals surface area contributed by atoms with E-state index in [1.807, 2.05) is 60.7 Å². The summed E-state index contributed by atoms with van der Waals surface area (Å²) >= 11 is 2.35. The topological polar surface area (TPSA) is 93.2 Å². The monoisotopic (exact) mass is 644 g/mol. The lowest BCUT2D eigenvalue weighted by atomic mass is 9.97. The van der Waals surface area contributed by atoms with Crippen LogP contribution in [0.1, 0.15) is 58.2 Å². The first kappa shape index (κ1) is 32.4. The van der Waals surface area contributed by atoms with Gasteiger partial charge in [0.05, 0.1) is 37.9 Å². The van der Waals surface area contributed by atoms with Crippen molar-refractivity contribution in [1.82, 2.24) is 10.0 Å². The number of carbonyl (C=O) groups is 4. The van der Waals surface area contributed by atoms with Gasteiger partial charge in [-0.2, -0.15) is 0 Å². The maximum Gasteiger partial charge on any atom is 0.316 e. The maximum absolute atomic E-state index is 14.1. The summed E-state index contributed by atoms with van der Waals surface area (Å²) in [7, 11) is 0. The van der Waals surface area contributed by atoms with Gasteiger partial charge in [0.25, 0.3) is 11.8 Å². The first-order valence-electron chi connectivity index (χ1n) is 14.6. The molecule has 0 spiro atoms. The number of hydrogen-bond donors (Lipinski definition) is 0.